The van der Waals surface area contributed by atoms with Gasteiger partial charge in [-0.2, -0.15) is 0 Å². The Morgan fingerprint density at radius 1 is 1.07 bits per heavy atom. The summed E-state index contributed by atoms with van der Waals surface area (Å²) in [5.74, 6) is 2.80. The predicted octanol–water partition coefficient (Wildman–Crippen LogP) is 5.78. The van der Waals surface area contributed by atoms with Crippen molar-refractivity contribution in [3.8, 4) is 5.75 Å². The first-order chi connectivity index (χ1) is 12.9. The Morgan fingerprint density at radius 3 is 2.22 bits per heavy atom. The summed E-state index contributed by atoms with van der Waals surface area (Å²) in [4.78, 5) is 0. The van der Waals surface area contributed by atoms with Crippen molar-refractivity contribution in [2.75, 3.05) is 13.7 Å². The van der Waals surface area contributed by atoms with Crippen LogP contribution in [-0.2, 0) is 4.43 Å². The molecule has 0 aromatic heterocycles. The van der Waals surface area contributed by atoms with Gasteiger partial charge in [0.15, 0.2) is 8.32 Å². The summed E-state index contributed by atoms with van der Waals surface area (Å²) in [7, 11) is 0.0649. The Hall–Kier alpha value is -0.843. The first kappa shape index (κ1) is 20.9. The summed E-state index contributed by atoms with van der Waals surface area (Å²) in [6, 6.07) is 12.6. The van der Waals surface area contributed by atoms with Gasteiger partial charge in [0.25, 0.3) is 0 Å². The molecule has 3 nitrogen and oxygen atoms in total. The van der Waals surface area contributed by atoms with Crippen LogP contribution in [0.2, 0.25) is 18.1 Å². The Bertz CT molecular complexity index is 606. The van der Waals surface area contributed by atoms with Gasteiger partial charge in [-0.25, -0.2) is 0 Å². The largest absolute Gasteiger partial charge is 0.496 e. The molecular weight excluding hydrogens is 350 g/mol. The first-order valence-corrected chi connectivity index (χ1v) is 13.5. The van der Waals surface area contributed by atoms with Gasteiger partial charge in [0.2, 0.25) is 0 Å². The molecule has 4 atom stereocenters. The van der Waals surface area contributed by atoms with Crippen LogP contribution in [0, 0.1) is 17.3 Å². The number of hydrogen-bond donors (Lipinski definition) is 1. The van der Waals surface area contributed by atoms with E-state index in [4.69, 9.17) is 9.16 Å². The molecule has 0 spiro atoms. The molecule has 2 aliphatic rings. The van der Waals surface area contributed by atoms with Crippen LogP contribution in [0.4, 0.5) is 0 Å². The van der Waals surface area contributed by atoms with Crippen molar-refractivity contribution in [3.05, 3.63) is 29.8 Å². The lowest BCUT2D eigenvalue weighted by Gasteiger charge is -2.35. The van der Waals surface area contributed by atoms with Crippen LogP contribution in [0.1, 0.15) is 59.1 Å². The zero-order valence-corrected chi connectivity index (χ0v) is 19.2. The number of benzene rings is 1. The zero-order valence-electron chi connectivity index (χ0n) is 18.2. The summed E-state index contributed by atoms with van der Waals surface area (Å²) in [6.07, 6.45) is 2.74. The van der Waals surface area contributed by atoms with Crippen LogP contribution < -0.4 is 10.1 Å². The van der Waals surface area contributed by atoms with E-state index in [1.165, 1.54) is 36.5 Å². The molecule has 1 N–H and O–H groups in total. The van der Waals surface area contributed by atoms with Crippen LogP contribution in [-0.4, -0.2) is 28.0 Å². The van der Waals surface area contributed by atoms with Crippen LogP contribution in [0.15, 0.2) is 24.3 Å². The highest BCUT2D eigenvalue weighted by Crippen LogP contribution is 2.66. The SMILES string of the molecule is CC[Si](CC)(CC)OC(CNC1C[C@@H]2[C@H](C1)C2(C)C)c1ccccc1OC. The van der Waals surface area contributed by atoms with Crippen molar-refractivity contribution >= 4 is 8.32 Å². The van der Waals surface area contributed by atoms with Crippen LogP contribution >= 0.6 is 0 Å². The Morgan fingerprint density at radius 2 is 1.67 bits per heavy atom. The van der Waals surface area contributed by atoms with E-state index < -0.39 is 8.32 Å². The fourth-order valence-corrected chi connectivity index (χ4v) is 8.21. The van der Waals surface area contributed by atoms with E-state index in [0.717, 1.165) is 24.1 Å². The highest BCUT2D eigenvalue weighted by Gasteiger charge is 2.61. The van der Waals surface area contributed by atoms with Gasteiger partial charge in [0, 0.05) is 18.2 Å². The molecule has 2 saturated carbocycles. The van der Waals surface area contributed by atoms with E-state index >= 15 is 0 Å². The lowest BCUT2D eigenvalue weighted by Crippen LogP contribution is -2.41. The average molecular weight is 390 g/mol. The van der Waals surface area contributed by atoms with Gasteiger partial charge in [-0.05, 0) is 54.3 Å². The Balaban J connectivity index is 1.72. The minimum Gasteiger partial charge on any atom is -0.496 e. The number of para-hydroxylation sites is 1. The maximum atomic E-state index is 6.95. The average Bonchev–Trinajstić information content (AvgIpc) is 3.03. The van der Waals surface area contributed by atoms with Crippen molar-refractivity contribution in [2.24, 2.45) is 17.3 Å². The summed E-state index contributed by atoms with van der Waals surface area (Å²) < 4.78 is 12.6. The van der Waals surface area contributed by atoms with E-state index in [1.54, 1.807) is 7.11 Å². The highest BCUT2D eigenvalue weighted by molar-refractivity contribution is 6.73. The number of ether oxygens (including phenoxy) is 1. The number of fused-ring (bicyclic) bond motifs is 1. The number of nitrogens with one attached hydrogen (secondary N) is 1. The monoisotopic (exact) mass is 389 g/mol. The third-order valence-electron chi connectivity index (χ3n) is 7.77. The third kappa shape index (κ3) is 4.13. The highest BCUT2D eigenvalue weighted by atomic mass is 28.4. The lowest BCUT2D eigenvalue weighted by atomic mass is 9.97. The molecule has 0 saturated heterocycles. The van der Waals surface area contributed by atoms with Crippen LogP contribution in [0.25, 0.3) is 0 Å². The van der Waals surface area contributed by atoms with Crippen molar-refractivity contribution in [1.82, 2.24) is 5.32 Å². The Kier molecular flexibility index (Phi) is 6.39. The van der Waals surface area contributed by atoms with Gasteiger partial charge >= 0.3 is 0 Å². The minimum atomic E-state index is -1.70. The number of methoxy groups -OCH3 is 1. The van der Waals surface area contributed by atoms with E-state index in [2.05, 4.69) is 58.1 Å². The molecule has 2 unspecified atom stereocenters. The number of rotatable bonds is 10. The maximum absolute atomic E-state index is 6.95. The molecule has 2 fully saturated rings. The third-order valence-corrected chi connectivity index (χ3v) is 12.4. The van der Waals surface area contributed by atoms with E-state index in [1.807, 2.05) is 6.07 Å². The molecule has 0 aliphatic heterocycles. The first-order valence-electron chi connectivity index (χ1n) is 10.9. The van der Waals surface area contributed by atoms with Crippen molar-refractivity contribution in [3.63, 3.8) is 0 Å². The van der Waals surface area contributed by atoms with Gasteiger partial charge in [-0.1, -0.05) is 52.8 Å². The van der Waals surface area contributed by atoms with Gasteiger partial charge in [-0.3, -0.25) is 0 Å². The van der Waals surface area contributed by atoms with E-state index in [-0.39, 0.29) is 6.10 Å². The quantitative estimate of drug-likeness (QED) is 0.514. The smallest absolute Gasteiger partial charge is 0.192 e. The van der Waals surface area contributed by atoms with Crippen LogP contribution in [0.3, 0.4) is 0 Å². The van der Waals surface area contributed by atoms with Crippen molar-refractivity contribution in [1.29, 1.82) is 0 Å². The molecule has 152 valence electrons. The summed E-state index contributed by atoms with van der Waals surface area (Å²) >= 11 is 0. The van der Waals surface area contributed by atoms with E-state index in [9.17, 15) is 0 Å². The lowest BCUT2D eigenvalue weighted by molar-refractivity contribution is 0.175. The molecule has 1 aromatic rings. The second kappa shape index (κ2) is 8.26. The van der Waals surface area contributed by atoms with Gasteiger partial charge < -0.3 is 14.5 Å². The molecule has 3 rings (SSSR count). The van der Waals surface area contributed by atoms with Crippen molar-refractivity contribution in [2.45, 2.75) is 77.7 Å². The molecule has 4 heteroatoms. The van der Waals surface area contributed by atoms with Gasteiger partial charge in [0.1, 0.15) is 5.75 Å². The second-order valence-electron chi connectivity index (χ2n) is 9.20. The fourth-order valence-electron chi connectivity index (χ4n) is 5.39. The normalized spacial score (nSPS) is 27.3. The molecule has 0 bridgehead atoms. The fraction of sp³-hybridized carbons (Fsp3) is 0.739. The Labute approximate surface area is 167 Å². The molecule has 0 amide bonds. The predicted molar refractivity (Wildman–Crippen MR) is 116 cm³/mol. The summed E-state index contributed by atoms with van der Waals surface area (Å²) in [5, 5.41) is 3.87. The van der Waals surface area contributed by atoms with Crippen LogP contribution in [0.5, 0.6) is 5.75 Å². The maximum Gasteiger partial charge on any atom is 0.192 e. The topological polar surface area (TPSA) is 30.5 Å². The standard InChI is InChI=1S/C23H39NO2Si/c1-7-27(8-2,9-3)26-22(18-12-10-11-13-21(18)25-6)16-24-17-14-19-20(15-17)23(19,4)5/h10-13,17,19-20,22,24H,7-9,14-16H2,1-6H3/t17?,19-,20+,22?. The van der Waals surface area contributed by atoms with Crippen molar-refractivity contribution < 1.29 is 9.16 Å². The summed E-state index contributed by atoms with van der Waals surface area (Å²) in [6.45, 7) is 12.7. The molecule has 27 heavy (non-hydrogen) atoms. The summed E-state index contributed by atoms with van der Waals surface area (Å²) in [5.41, 5.74) is 1.79. The zero-order chi connectivity index (χ0) is 19.7. The molecule has 0 heterocycles. The molecule has 0 radical (unpaired) electrons. The second-order valence-corrected chi connectivity index (χ2v) is 13.9. The minimum absolute atomic E-state index is 0.0811. The van der Waals surface area contributed by atoms with Gasteiger partial charge in [0.05, 0.1) is 13.2 Å². The van der Waals surface area contributed by atoms with E-state index in [0.29, 0.717) is 11.5 Å². The molecular formula is C23H39NO2Si. The number of hydrogen-bond acceptors (Lipinski definition) is 3. The molecule has 2 aliphatic carbocycles. The molecule has 1 aromatic carbocycles. The van der Waals surface area contributed by atoms with Gasteiger partial charge in [-0.15, -0.1) is 0 Å².